The second-order valence-electron chi connectivity index (χ2n) is 4.95. The van der Waals surface area contributed by atoms with Crippen LogP contribution in [-0.4, -0.2) is 25.3 Å². The highest BCUT2D eigenvalue weighted by atomic mass is 16.5. The lowest BCUT2D eigenvalue weighted by Crippen LogP contribution is -2.22. The van der Waals surface area contributed by atoms with E-state index in [2.05, 4.69) is 0 Å². The van der Waals surface area contributed by atoms with E-state index >= 15 is 0 Å². The molecule has 0 spiro atoms. The number of hydrogen-bond acceptors (Lipinski definition) is 3. The van der Waals surface area contributed by atoms with Crippen molar-refractivity contribution in [2.75, 3.05) is 14.2 Å². The SMILES string of the molecule is COc1c(C)ccc(C(C)(C)CC(=O)O)c1OC. The van der Waals surface area contributed by atoms with Crippen LogP contribution in [0.3, 0.4) is 0 Å². The number of ether oxygens (including phenoxy) is 2. The molecule has 1 rings (SSSR count). The highest BCUT2D eigenvalue weighted by Crippen LogP contribution is 2.41. The van der Waals surface area contributed by atoms with Crippen molar-refractivity contribution in [1.29, 1.82) is 0 Å². The third-order valence-electron chi connectivity index (χ3n) is 3.04. The van der Waals surface area contributed by atoms with Crippen LogP contribution in [0.25, 0.3) is 0 Å². The smallest absolute Gasteiger partial charge is 0.304 e. The van der Waals surface area contributed by atoms with Crippen LogP contribution in [0.2, 0.25) is 0 Å². The number of methoxy groups -OCH3 is 2. The molecule has 4 heteroatoms. The fourth-order valence-electron chi connectivity index (χ4n) is 2.12. The first-order valence-electron chi connectivity index (χ1n) is 5.77. The summed E-state index contributed by atoms with van der Waals surface area (Å²) >= 11 is 0. The van der Waals surface area contributed by atoms with Gasteiger partial charge in [-0.1, -0.05) is 26.0 Å². The van der Waals surface area contributed by atoms with Crippen molar-refractivity contribution in [3.63, 3.8) is 0 Å². The van der Waals surface area contributed by atoms with E-state index < -0.39 is 11.4 Å². The number of aliphatic carboxylic acids is 1. The van der Waals surface area contributed by atoms with Gasteiger partial charge in [-0.25, -0.2) is 0 Å². The Labute approximate surface area is 108 Å². The molecule has 0 radical (unpaired) electrons. The zero-order chi connectivity index (χ0) is 13.9. The first kappa shape index (κ1) is 14.4. The van der Waals surface area contributed by atoms with Gasteiger partial charge in [-0.05, 0) is 12.5 Å². The van der Waals surface area contributed by atoms with Gasteiger partial charge in [-0.3, -0.25) is 4.79 Å². The van der Waals surface area contributed by atoms with E-state index in [0.717, 1.165) is 11.1 Å². The van der Waals surface area contributed by atoms with E-state index in [-0.39, 0.29) is 6.42 Å². The lowest BCUT2D eigenvalue weighted by Gasteiger charge is -2.27. The third kappa shape index (κ3) is 2.75. The molecule has 0 saturated heterocycles. The largest absolute Gasteiger partial charge is 0.493 e. The quantitative estimate of drug-likeness (QED) is 0.875. The van der Waals surface area contributed by atoms with E-state index in [9.17, 15) is 4.79 Å². The van der Waals surface area contributed by atoms with Gasteiger partial charge in [0.25, 0.3) is 0 Å². The van der Waals surface area contributed by atoms with Crippen LogP contribution in [0.4, 0.5) is 0 Å². The number of carboxylic acids is 1. The molecule has 1 aromatic rings. The molecule has 100 valence electrons. The third-order valence-corrected chi connectivity index (χ3v) is 3.04. The van der Waals surface area contributed by atoms with Crippen LogP contribution < -0.4 is 9.47 Å². The van der Waals surface area contributed by atoms with E-state index in [1.54, 1.807) is 14.2 Å². The molecular formula is C14H20O4. The Kier molecular flexibility index (Phi) is 4.22. The summed E-state index contributed by atoms with van der Waals surface area (Å²) in [5.41, 5.74) is 1.29. The Balaban J connectivity index is 3.36. The minimum Gasteiger partial charge on any atom is -0.493 e. The van der Waals surface area contributed by atoms with Crippen LogP contribution >= 0.6 is 0 Å². The highest BCUT2D eigenvalue weighted by Gasteiger charge is 2.29. The molecule has 4 nitrogen and oxygen atoms in total. The number of carboxylic acid groups (broad SMARTS) is 1. The summed E-state index contributed by atoms with van der Waals surface area (Å²) in [7, 11) is 3.15. The van der Waals surface area contributed by atoms with Crippen LogP contribution in [-0.2, 0) is 10.2 Å². The maximum Gasteiger partial charge on any atom is 0.304 e. The Morgan fingerprint density at radius 2 is 1.78 bits per heavy atom. The van der Waals surface area contributed by atoms with Gasteiger partial charge in [0.15, 0.2) is 11.5 Å². The van der Waals surface area contributed by atoms with Crippen LogP contribution in [0.15, 0.2) is 12.1 Å². The van der Waals surface area contributed by atoms with Gasteiger partial charge in [0.2, 0.25) is 0 Å². The maximum absolute atomic E-state index is 10.9. The van der Waals surface area contributed by atoms with Crippen molar-refractivity contribution in [3.8, 4) is 11.5 Å². The van der Waals surface area contributed by atoms with Gasteiger partial charge in [0.05, 0.1) is 20.6 Å². The molecule has 1 N–H and O–H groups in total. The summed E-state index contributed by atoms with van der Waals surface area (Å²) in [6.45, 7) is 5.69. The van der Waals surface area contributed by atoms with Gasteiger partial charge in [0.1, 0.15) is 0 Å². The van der Waals surface area contributed by atoms with Crippen molar-refractivity contribution < 1.29 is 19.4 Å². The molecule has 0 aliphatic rings. The van der Waals surface area contributed by atoms with E-state index in [1.165, 1.54) is 0 Å². The molecule has 0 saturated carbocycles. The summed E-state index contributed by atoms with van der Waals surface area (Å²) in [4.78, 5) is 10.9. The predicted octanol–water partition coefficient (Wildman–Crippen LogP) is 2.76. The van der Waals surface area contributed by atoms with E-state index in [4.69, 9.17) is 14.6 Å². The number of benzene rings is 1. The molecule has 1 aromatic carbocycles. The second kappa shape index (κ2) is 5.29. The fraction of sp³-hybridized carbons (Fsp3) is 0.500. The van der Waals surface area contributed by atoms with Crippen molar-refractivity contribution in [2.45, 2.75) is 32.6 Å². The summed E-state index contributed by atoms with van der Waals surface area (Å²) in [5.74, 6) is 0.443. The topological polar surface area (TPSA) is 55.8 Å². The molecule has 0 amide bonds. The first-order valence-corrected chi connectivity index (χ1v) is 5.77. The average molecular weight is 252 g/mol. The zero-order valence-electron chi connectivity index (χ0n) is 11.5. The zero-order valence-corrected chi connectivity index (χ0v) is 11.5. The molecule has 0 aliphatic heterocycles. The van der Waals surface area contributed by atoms with Gasteiger partial charge < -0.3 is 14.6 Å². The Hall–Kier alpha value is -1.71. The van der Waals surface area contributed by atoms with Gasteiger partial charge >= 0.3 is 5.97 Å². The molecule has 0 unspecified atom stereocenters. The monoisotopic (exact) mass is 252 g/mol. The Morgan fingerprint density at radius 3 is 2.22 bits per heavy atom. The number of hydrogen-bond donors (Lipinski definition) is 1. The van der Waals surface area contributed by atoms with Crippen molar-refractivity contribution in [2.24, 2.45) is 0 Å². The summed E-state index contributed by atoms with van der Waals surface area (Å²) in [6.07, 6.45) is 0.0373. The summed E-state index contributed by atoms with van der Waals surface area (Å²) in [6, 6.07) is 3.82. The van der Waals surface area contributed by atoms with E-state index in [0.29, 0.717) is 11.5 Å². The molecule has 0 heterocycles. The fourth-order valence-corrected chi connectivity index (χ4v) is 2.12. The summed E-state index contributed by atoms with van der Waals surface area (Å²) in [5, 5.41) is 8.98. The number of aryl methyl sites for hydroxylation is 1. The Bertz CT molecular complexity index is 449. The predicted molar refractivity (Wildman–Crippen MR) is 69.6 cm³/mol. The van der Waals surface area contributed by atoms with Gasteiger partial charge in [-0.2, -0.15) is 0 Å². The average Bonchev–Trinajstić information content (AvgIpc) is 2.26. The maximum atomic E-state index is 10.9. The van der Waals surface area contributed by atoms with E-state index in [1.807, 2.05) is 32.9 Å². The second-order valence-corrected chi connectivity index (χ2v) is 4.95. The first-order chi connectivity index (χ1) is 8.33. The van der Waals surface area contributed by atoms with Crippen LogP contribution in [0, 0.1) is 6.92 Å². The van der Waals surface area contributed by atoms with Crippen LogP contribution in [0.1, 0.15) is 31.4 Å². The van der Waals surface area contributed by atoms with Crippen molar-refractivity contribution in [1.82, 2.24) is 0 Å². The molecule has 0 aromatic heterocycles. The Morgan fingerprint density at radius 1 is 1.22 bits per heavy atom. The van der Waals surface area contributed by atoms with Gasteiger partial charge in [0, 0.05) is 11.0 Å². The molecule has 0 atom stereocenters. The molecular weight excluding hydrogens is 232 g/mol. The minimum atomic E-state index is -0.832. The lowest BCUT2D eigenvalue weighted by molar-refractivity contribution is -0.138. The van der Waals surface area contributed by atoms with Crippen molar-refractivity contribution in [3.05, 3.63) is 23.3 Å². The normalized spacial score (nSPS) is 11.2. The van der Waals surface area contributed by atoms with Crippen molar-refractivity contribution >= 4 is 5.97 Å². The number of carbonyl (C=O) groups is 1. The molecule has 0 bridgehead atoms. The lowest BCUT2D eigenvalue weighted by atomic mass is 9.80. The molecule has 18 heavy (non-hydrogen) atoms. The molecule has 0 fully saturated rings. The highest BCUT2D eigenvalue weighted by molar-refractivity contribution is 5.69. The van der Waals surface area contributed by atoms with Gasteiger partial charge in [-0.15, -0.1) is 0 Å². The standard InChI is InChI=1S/C14H20O4/c1-9-6-7-10(13(18-5)12(9)17-4)14(2,3)8-11(15)16/h6-7H,8H2,1-5H3,(H,15,16). The molecule has 0 aliphatic carbocycles. The number of rotatable bonds is 5. The van der Waals surface area contributed by atoms with Crippen LogP contribution in [0.5, 0.6) is 11.5 Å². The minimum absolute atomic E-state index is 0.0373. The summed E-state index contributed by atoms with van der Waals surface area (Å²) < 4.78 is 10.7.